The maximum Gasteiger partial charge on any atom is 0.411 e. The maximum absolute atomic E-state index is 11.7. The normalized spacial score (nSPS) is 14.1. The van der Waals surface area contributed by atoms with Gasteiger partial charge in [0.2, 0.25) is 0 Å². The fraction of sp³-hybridized carbons (Fsp3) is 1.00. The van der Waals surface area contributed by atoms with Crippen LogP contribution in [0, 0.1) is 0 Å². The molecular formula is C9H19F3N2O2. The maximum atomic E-state index is 11.7. The fourth-order valence-electron chi connectivity index (χ4n) is 1.20. The summed E-state index contributed by atoms with van der Waals surface area (Å²) < 4.78 is 44.5. The number of hydrazine groups is 1. The molecule has 0 rings (SSSR count). The van der Waals surface area contributed by atoms with Gasteiger partial charge in [-0.2, -0.15) is 13.2 Å². The van der Waals surface area contributed by atoms with Crippen molar-refractivity contribution in [2.45, 2.75) is 31.5 Å². The number of nitrogens with one attached hydrogen (secondary N) is 1. The molecule has 0 aromatic heterocycles. The molecule has 1 atom stereocenters. The summed E-state index contributed by atoms with van der Waals surface area (Å²) >= 11 is 0. The summed E-state index contributed by atoms with van der Waals surface area (Å²) in [6.07, 6.45) is -2.25. The van der Waals surface area contributed by atoms with Gasteiger partial charge in [0.05, 0.1) is 0 Å². The minimum atomic E-state index is -4.26. The Kier molecular flexibility index (Phi) is 8.54. The van der Waals surface area contributed by atoms with Crippen molar-refractivity contribution in [2.75, 3.05) is 26.9 Å². The Bertz CT molecular complexity index is 167. The zero-order chi connectivity index (χ0) is 12.4. The van der Waals surface area contributed by atoms with Crippen LogP contribution in [0.1, 0.15) is 19.3 Å². The molecule has 0 heterocycles. The molecule has 0 amide bonds. The molecule has 0 saturated heterocycles. The standard InChI is InChI=1S/C9H19F3N2O2/c1-15-5-2-3-8(14-13)4-6-16-7-9(10,11)12/h8,14H,2-7,13H2,1H3. The smallest absolute Gasteiger partial charge is 0.385 e. The number of alkyl halides is 3. The number of methoxy groups -OCH3 is 1. The van der Waals surface area contributed by atoms with Gasteiger partial charge in [-0.3, -0.25) is 11.3 Å². The van der Waals surface area contributed by atoms with Crippen LogP contribution in [-0.2, 0) is 9.47 Å². The summed E-state index contributed by atoms with van der Waals surface area (Å²) in [5.41, 5.74) is 2.54. The Labute approximate surface area is 93.2 Å². The highest BCUT2D eigenvalue weighted by Crippen LogP contribution is 2.14. The first kappa shape index (κ1) is 15.6. The highest BCUT2D eigenvalue weighted by molar-refractivity contribution is 4.63. The van der Waals surface area contributed by atoms with Gasteiger partial charge in [0.15, 0.2) is 0 Å². The molecule has 4 nitrogen and oxygen atoms in total. The molecule has 7 heteroatoms. The van der Waals surface area contributed by atoms with Gasteiger partial charge in [-0.15, -0.1) is 0 Å². The van der Waals surface area contributed by atoms with E-state index in [1.165, 1.54) is 0 Å². The average molecular weight is 244 g/mol. The molecule has 0 bridgehead atoms. The van der Waals surface area contributed by atoms with Crippen molar-refractivity contribution in [3.8, 4) is 0 Å². The zero-order valence-electron chi connectivity index (χ0n) is 9.35. The van der Waals surface area contributed by atoms with Gasteiger partial charge in [0.25, 0.3) is 0 Å². The van der Waals surface area contributed by atoms with E-state index < -0.39 is 12.8 Å². The molecule has 0 radical (unpaired) electrons. The second-order valence-electron chi connectivity index (χ2n) is 3.46. The van der Waals surface area contributed by atoms with E-state index in [1.54, 1.807) is 7.11 Å². The SMILES string of the molecule is COCCCC(CCOCC(F)(F)F)NN. The van der Waals surface area contributed by atoms with Crippen molar-refractivity contribution in [3.63, 3.8) is 0 Å². The number of rotatable bonds is 9. The van der Waals surface area contributed by atoms with Crippen molar-refractivity contribution < 1.29 is 22.6 Å². The van der Waals surface area contributed by atoms with Gasteiger partial charge >= 0.3 is 6.18 Å². The van der Waals surface area contributed by atoms with Crippen molar-refractivity contribution >= 4 is 0 Å². The Morgan fingerprint density at radius 2 is 1.94 bits per heavy atom. The van der Waals surface area contributed by atoms with Crippen LogP contribution in [0.5, 0.6) is 0 Å². The molecule has 1 unspecified atom stereocenters. The minimum absolute atomic E-state index is 0.0385. The molecule has 0 spiro atoms. The van der Waals surface area contributed by atoms with Crippen LogP contribution in [-0.4, -0.2) is 39.1 Å². The molecule has 0 saturated carbocycles. The number of hydrogen-bond donors (Lipinski definition) is 2. The van der Waals surface area contributed by atoms with Crippen LogP contribution in [0.3, 0.4) is 0 Å². The zero-order valence-corrected chi connectivity index (χ0v) is 9.35. The van der Waals surface area contributed by atoms with Gasteiger partial charge in [0.1, 0.15) is 6.61 Å². The Balaban J connectivity index is 3.47. The Morgan fingerprint density at radius 1 is 1.25 bits per heavy atom. The molecule has 0 aromatic carbocycles. The number of halogens is 3. The van der Waals surface area contributed by atoms with Crippen LogP contribution >= 0.6 is 0 Å². The molecule has 0 aliphatic carbocycles. The van der Waals surface area contributed by atoms with Gasteiger partial charge in [0, 0.05) is 26.4 Å². The highest BCUT2D eigenvalue weighted by atomic mass is 19.4. The van der Waals surface area contributed by atoms with E-state index in [9.17, 15) is 13.2 Å². The highest BCUT2D eigenvalue weighted by Gasteiger charge is 2.27. The lowest BCUT2D eigenvalue weighted by molar-refractivity contribution is -0.174. The molecule has 16 heavy (non-hydrogen) atoms. The van der Waals surface area contributed by atoms with Crippen molar-refractivity contribution in [3.05, 3.63) is 0 Å². The third-order valence-corrected chi connectivity index (χ3v) is 2.01. The quantitative estimate of drug-likeness (QED) is 0.364. The molecule has 98 valence electrons. The molecule has 0 fully saturated rings. The monoisotopic (exact) mass is 244 g/mol. The second kappa shape index (κ2) is 8.74. The first-order valence-corrected chi connectivity index (χ1v) is 5.09. The van der Waals surface area contributed by atoms with Crippen molar-refractivity contribution in [2.24, 2.45) is 5.84 Å². The van der Waals surface area contributed by atoms with E-state index in [2.05, 4.69) is 10.2 Å². The minimum Gasteiger partial charge on any atom is -0.385 e. The van der Waals surface area contributed by atoms with E-state index >= 15 is 0 Å². The molecule has 3 N–H and O–H groups in total. The lowest BCUT2D eigenvalue weighted by Gasteiger charge is -2.15. The van der Waals surface area contributed by atoms with E-state index in [0.717, 1.165) is 12.8 Å². The van der Waals surface area contributed by atoms with Gasteiger partial charge < -0.3 is 9.47 Å². The lowest BCUT2D eigenvalue weighted by atomic mass is 10.1. The third kappa shape index (κ3) is 10.2. The molecule has 0 aliphatic heterocycles. The summed E-state index contributed by atoms with van der Waals surface area (Å²) in [5, 5.41) is 0. The average Bonchev–Trinajstić information content (AvgIpc) is 2.20. The summed E-state index contributed by atoms with van der Waals surface area (Å²) in [4.78, 5) is 0. The Hall–Kier alpha value is -0.370. The second-order valence-corrected chi connectivity index (χ2v) is 3.46. The van der Waals surface area contributed by atoms with E-state index in [4.69, 9.17) is 10.6 Å². The van der Waals surface area contributed by atoms with Crippen molar-refractivity contribution in [1.29, 1.82) is 0 Å². The predicted molar refractivity (Wildman–Crippen MR) is 53.7 cm³/mol. The molecular weight excluding hydrogens is 225 g/mol. The van der Waals surface area contributed by atoms with Gasteiger partial charge in [-0.05, 0) is 19.3 Å². The van der Waals surface area contributed by atoms with Crippen LogP contribution in [0.25, 0.3) is 0 Å². The summed E-state index contributed by atoms with van der Waals surface area (Å²) in [7, 11) is 1.59. The summed E-state index contributed by atoms with van der Waals surface area (Å²) in [5.74, 6) is 5.25. The first-order chi connectivity index (χ1) is 7.49. The van der Waals surface area contributed by atoms with Crippen molar-refractivity contribution in [1.82, 2.24) is 5.43 Å². The fourth-order valence-corrected chi connectivity index (χ4v) is 1.20. The van der Waals surface area contributed by atoms with E-state index in [1.807, 2.05) is 0 Å². The van der Waals surface area contributed by atoms with Crippen LogP contribution < -0.4 is 11.3 Å². The number of nitrogens with two attached hydrogens (primary N) is 1. The predicted octanol–water partition coefficient (Wildman–Crippen LogP) is 1.21. The van der Waals surface area contributed by atoms with Crippen LogP contribution in [0.4, 0.5) is 13.2 Å². The van der Waals surface area contributed by atoms with E-state index in [0.29, 0.717) is 13.0 Å². The first-order valence-electron chi connectivity index (χ1n) is 5.09. The number of hydrogen-bond acceptors (Lipinski definition) is 4. The Morgan fingerprint density at radius 3 is 2.44 bits per heavy atom. The lowest BCUT2D eigenvalue weighted by Crippen LogP contribution is -2.36. The van der Waals surface area contributed by atoms with Gasteiger partial charge in [-0.1, -0.05) is 0 Å². The van der Waals surface area contributed by atoms with E-state index in [-0.39, 0.29) is 12.6 Å². The van der Waals surface area contributed by atoms with Gasteiger partial charge in [-0.25, -0.2) is 0 Å². The third-order valence-electron chi connectivity index (χ3n) is 2.01. The number of ether oxygens (including phenoxy) is 2. The van der Waals surface area contributed by atoms with Crippen LogP contribution in [0.15, 0.2) is 0 Å². The van der Waals surface area contributed by atoms with Crippen LogP contribution in [0.2, 0.25) is 0 Å². The molecule has 0 aliphatic rings. The topological polar surface area (TPSA) is 56.5 Å². The summed E-state index contributed by atoms with van der Waals surface area (Å²) in [6.45, 7) is -0.550. The molecule has 0 aromatic rings. The summed E-state index contributed by atoms with van der Waals surface area (Å²) in [6, 6.07) is -0.0385. The largest absolute Gasteiger partial charge is 0.411 e.